The Labute approximate surface area is 104 Å². The summed E-state index contributed by atoms with van der Waals surface area (Å²) in [6.07, 6.45) is 3.04. The Bertz CT molecular complexity index is 397. The lowest BCUT2D eigenvalue weighted by atomic mass is 10.1. The van der Waals surface area contributed by atoms with Crippen LogP contribution in [0.25, 0.3) is 0 Å². The fraction of sp³-hybridized carbons (Fsp3) is 0.462. The van der Waals surface area contributed by atoms with E-state index in [-0.39, 0.29) is 5.78 Å². The van der Waals surface area contributed by atoms with E-state index < -0.39 is 0 Å². The number of carbonyl (C=O) groups is 1. The molecule has 0 unspecified atom stereocenters. The summed E-state index contributed by atoms with van der Waals surface area (Å²) in [5, 5.41) is 0. The molecule has 0 saturated heterocycles. The highest BCUT2D eigenvalue weighted by Gasteiger charge is 2.21. The van der Waals surface area contributed by atoms with Crippen LogP contribution in [0.3, 0.4) is 0 Å². The average Bonchev–Trinajstić information content (AvgIpc) is 2.95. The van der Waals surface area contributed by atoms with E-state index in [2.05, 4.69) is 15.9 Å². The molecule has 86 valence electrons. The van der Waals surface area contributed by atoms with Crippen LogP contribution in [0.15, 0.2) is 22.7 Å². The molecule has 0 N–H and O–H groups in total. The first-order chi connectivity index (χ1) is 7.63. The maximum absolute atomic E-state index is 11.1. The molecule has 0 radical (unpaired) electrons. The molecule has 3 heteroatoms. The summed E-state index contributed by atoms with van der Waals surface area (Å²) >= 11 is 3.43. The van der Waals surface area contributed by atoms with E-state index in [0.717, 1.165) is 28.3 Å². The molecule has 16 heavy (non-hydrogen) atoms. The van der Waals surface area contributed by atoms with Crippen LogP contribution in [0.2, 0.25) is 0 Å². The second-order valence-electron chi connectivity index (χ2n) is 4.43. The smallest absolute Gasteiger partial charge is 0.134 e. The molecule has 2 rings (SSSR count). The van der Waals surface area contributed by atoms with E-state index >= 15 is 0 Å². The second kappa shape index (κ2) is 5.00. The van der Waals surface area contributed by atoms with Gasteiger partial charge in [-0.05, 0) is 49.4 Å². The van der Waals surface area contributed by atoms with Gasteiger partial charge in [0.05, 0.1) is 6.61 Å². The number of rotatable bonds is 5. The number of benzene rings is 1. The van der Waals surface area contributed by atoms with Crippen LogP contribution in [-0.4, -0.2) is 12.4 Å². The third-order valence-electron chi connectivity index (χ3n) is 2.57. The zero-order chi connectivity index (χ0) is 11.5. The predicted molar refractivity (Wildman–Crippen MR) is 66.7 cm³/mol. The fourth-order valence-electron chi connectivity index (χ4n) is 1.59. The first-order valence-electron chi connectivity index (χ1n) is 5.55. The molecule has 2 nitrogen and oxygen atoms in total. The minimum atomic E-state index is 0.172. The lowest BCUT2D eigenvalue weighted by Gasteiger charge is -2.08. The molecule has 0 aliphatic heterocycles. The summed E-state index contributed by atoms with van der Waals surface area (Å²) in [5.74, 6) is 1.78. The molecule has 1 aliphatic rings. The molecular weight excluding hydrogens is 268 g/mol. The van der Waals surface area contributed by atoms with Crippen molar-refractivity contribution in [3.05, 3.63) is 28.2 Å². The minimum Gasteiger partial charge on any atom is -0.493 e. The number of halogens is 1. The summed E-state index contributed by atoms with van der Waals surface area (Å²) in [7, 11) is 0. The Morgan fingerprint density at radius 3 is 2.81 bits per heavy atom. The van der Waals surface area contributed by atoms with Crippen molar-refractivity contribution in [2.75, 3.05) is 6.61 Å². The predicted octanol–water partition coefficient (Wildman–Crippen LogP) is 3.37. The van der Waals surface area contributed by atoms with Crippen molar-refractivity contribution in [1.29, 1.82) is 0 Å². The highest BCUT2D eigenvalue weighted by atomic mass is 79.9. The molecule has 0 aromatic heterocycles. The number of hydrogen-bond donors (Lipinski definition) is 0. The second-order valence-corrected chi connectivity index (χ2v) is 5.34. The van der Waals surface area contributed by atoms with Crippen molar-refractivity contribution in [2.45, 2.75) is 26.2 Å². The van der Waals surface area contributed by atoms with Gasteiger partial charge in [0.15, 0.2) is 0 Å². The van der Waals surface area contributed by atoms with Crippen molar-refractivity contribution in [2.24, 2.45) is 5.92 Å². The normalized spacial score (nSPS) is 14.9. The quantitative estimate of drug-likeness (QED) is 0.828. The first kappa shape index (κ1) is 11.6. The summed E-state index contributed by atoms with van der Waals surface area (Å²) in [5.41, 5.74) is 1.01. The van der Waals surface area contributed by atoms with Gasteiger partial charge in [0.25, 0.3) is 0 Å². The van der Waals surface area contributed by atoms with E-state index in [4.69, 9.17) is 4.74 Å². The zero-order valence-electron chi connectivity index (χ0n) is 9.33. The van der Waals surface area contributed by atoms with Crippen LogP contribution in [0.5, 0.6) is 5.75 Å². The highest BCUT2D eigenvalue weighted by Crippen LogP contribution is 2.30. The Hall–Kier alpha value is -0.830. The maximum atomic E-state index is 11.1. The van der Waals surface area contributed by atoms with Crippen LogP contribution in [0, 0.1) is 5.92 Å². The van der Waals surface area contributed by atoms with Gasteiger partial charge < -0.3 is 4.74 Å². The van der Waals surface area contributed by atoms with Gasteiger partial charge in [-0.15, -0.1) is 0 Å². The van der Waals surface area contributed by atoms with Gasteiger partial charge >= 0.3 is 0 Å². The summed E-state index contributed by atoms with van der Waals surface area (Å²) in [4.78, 5) is 11.1. The van der Waals surface area contributed by atoms with Gasteiger partial charge in [0.2, 0.25) is 0 Å². The summed E-state index contributed by atoms with van der Waals surface area (Å²) < 4.78 is 6.66. The monoisotopic (exact) mass is 282 g/mol. The van der Waals surface area contributed by atoms with Crippen LogP contribution in [-0.2, 0) is 11.2 Å². The van der Waals surface area contributed by atoms with E-state index in [1.54, 1.807) is 6.92 Å². The maximum Gasteiger partial charge on any atom is 0.134 e. The van der Waals surface area contributed by atoms with Gasteiger partial charge in [-0.25, -0.2) is 0 Å². The van der Waals surface area contributed by atoms with Gasteiger partial charge in [-0.1, -0.05) is 15.9 Å². The zero-order valence-corrected chi connectivity index (χ0v) is 10.9. The van der Waals surface area contributed by atoms with Gasteiger partial charge in [0, 0.05) is 10.9 Å². The largest absolute Gasteiger partial charge is 0.493 e. The Kier molecular flexibility index (Phi) is 3.64. The number of carbonyl (C=O) groups excluding carboxylic acids is 1. The van der Waals surface area contributed by atoms with Crippen molar-refractivity contribution in [1.82, 2.24) is 0 Å². The Morgan fingerprint density at radius 2 is 2.19 bits per heavy atom. The number of ketones is 1. The van der Waals surface area contributed by atoms with Crippen LogP contribution < -0.4 is 4.74 Å². The Balaban J connectivity index is 2.04. The van der Waals surface area contributed by atoms with Gasteiger partial charge in [-0.2, -0.15) is 0 Å². The van der Waals surface area contributed by atoms with Crippen LogP contribution in [0.1, 0.15) is 25.3 Å². The molecule has 0 heterocycles. The first-order valence-corrected chi connectivity index (χ1v) is 6.34. The standard InChI is InChI=1S/C13H15BrO2/c1-9(15)4-11-5-12(14)7-13(6-11)16-8-10-2-3-10/h5-7,10H,2-4,8H2,1H3. The van der Waals surface area contributed by atoms with Crippen molar-refractivity contribution < 1.29 is 9.53 Å². The highest BCUT2D eigenvalue weighted by molar-refractivity contribution is 9.10. The fourth-order valence-corrected chi connectivity index (χ4v) is 2.11. The lowest BCUT2D eigenvalue weighted by molar-refractivity contribution is -0.116. The van der Waals surface area contributed by atoms with Crippen LogP contribution >= 0.6 is 15.9 Å². The van der Waals surface area contributed by atoms with E-state index in [0.29, 0.717) is 6.42 Å². The molecule has 1 saturated carbocycles. The van der Waals surface area contributed by atoms with Crippen LogP contribution in [0.4, 0.5) is 0 Å². The third-order valence-corrected chi connectivity index (χ3v) is 3.02. The number of hydrogen-bond acceptors (Lipinski definition) is 2. The van der Waals surface area contributed by atoms with Crippen molar-refractivity contribution >= 4 is 21.7 Å². The number of ether oxygens (including phenoxy) is 1. The molecule has 1 fully saturated rings. The third kappa shape index (κ3) is 3.63. The van der Waals surface area contributed by atoms with Crippen molar-refractivity contribution in [3.63, 3.8) is 0 Å². The molecule has 0 bridgehead atoms. The summed E-state index contributed by atoms with van der Waals surface area (Å²) in [6, 6.07) is 5.87. The molecule has 0 amide bonds. The summed E-state index contributed by atoms with van der Waals surface area (Å²) in [6.45, 7) is 2.40. The minimum absolute atomic E-state index is 0.172. The van der Waals surface area contributed by atoms with Gasteiger partial charge in [-0.3, -0.25) is 4.79 Å². The average molecular weight is 283 g/mol. The topological polar surface area (TPSA) is 26.3 Å². The molecule has 1 aromatic carbocycles. The van der Waals surface area contributed by atoms with Crippen molar-refractivity contribution in [3.8, 4) is 5.75 Å². The number of Topliss-reactive ketones (excluding diaryl/α,β-unsaturated/α-hetero) is 1. The van der Waals surface area contributed by atoms with E-state index in [1.165, 1.54) is 12.8 Å². The molecule has 0 spiro atoms. The van der Waals surface area contributed by atoms with E-state index in [9.17, 15) is 4.79 Å². The molecule has 0 atom stereocenters. The molecule has 1 aromatic rings. The molecular formula is C13H15BrO2. The SMILES string of the molecule is CC(=O)Cc1cc(Br)cc(OCC2CC2)c1. The Morgan fingerprint density at radius 1 is 1.44 bits per heavy atom. The lowest BCUT2D eigenvalue weighted by Crippen LogP contribution is -2.01. The van der Waals surface area contributed by atoms with E-state index in [1.807, 2.05) is 18.2 Å². The van der Waals surface area contributed by atoms with Gasteiger partial charge in [0.1, 0.15) is 11.5 Å². The molecule has 1 aliphatic carbocycles.